The number of ether oxygens (including phenoxy) is 3. The number of aromatic nitrogens is 9. The molecule has 6 aromatic heterocycles. The van der Waals surface area contributed by atoms with E-state index >= 15 is 0 Å². The molecule has 0 saturated heterocycles. The van der Waals surface area contributed by atoms with Gasteiger partial charge in [-0.05, 0) is 120 Å². The number of thiol groups is 1. The molecule has 3 fully saturated rings. The molecule has 329 valence electrons. The van der Waals surface area contributed by atoms with E-state index in [9.17, 15) is 0 Å². The van der Waals surface area contributed by atoms with Gasteiger partial charge in [0.15, 0.2) is 17.5 Å². The number of hydrogen-bond donors (Lipinski definition) is 1. The van der Waals surface area contributed by atoms with Crippen LogP contribution in [0, 0.1) is 41.5 Å². The molecule has 63 heavy (non-hydrogen) atoms. The zero-order valence-corrected chi connectivity index (χ0v) is 42.2. The van der Waals surface area contributed by atoms with Crippen molar-refractivity contribution in [3.8, 4) is 15.0 Å². The van der Waals surface area contributed by atoms with E-state index < -0.39 is 0 Å². The molecule has 13 rings (SSSR count). The minimum absolute atomic E-state index is 0. The third-order valence-corrected chi connectivity index (χ3v) is 17.1. The number of halogens is 1. The summed E-state index contributed by atoms with van der Waals surface area (Å²) >= 11 is 12.3. The quantitative estimate of drug-likeness (QED) is 0.133. The van der Waals surface area contributed by atoms with Crippen LogP contribution in [-0.4, -0.2) is 51.9 Å². The summed E-state index contributed by atoms with van der Waals surface area (Å²) in [6.45, 7) is 14.5. The molecule has 1 aromatic carbocycles. The van der Waals surface area contributed by atoms with Crippen molar-refractivity contribution in [3.63, 3.8) is 0 Å². The molecule has 3 spiro atoms. The third kappa shape index (κ3) is 7.97. The van der Waals surface area contributed by atoms with Gasteiger partial charge < -0.3 is 14.2 Å². The number of aryl methyl sites for hydroxylation is 6. The summed E-state index contributed by atoms with van der Waals surface area (Å²) in [6.07, 6.45) is 7.29. The van der Waals surface area contributed by atoms with E-state index in [1.807, 2.05) is 32.1 Å². The summed E-state index contributed by atoms with van der Waals surface area (Å²) in [4.78, 5) is 3.94. The first-order valence-electron chi connectivity index (χ1n) is 20.7. The molecule has 0 atom stereocenters. The van der Waals surface area contributed by atoms with Gasteiger partial charge in [0.2, 0.25) is 0 Å². The van der Waals surface area contributed by atoms with Crippen LogP contribution in [0.4, 0.5) is 0 Å². The van der Waals surface area contributed by atoms with E-state index in [1.54, 1.807) is 22.7 Å². The number of nitrogens with zero attached hydrogens (tertiary/aromatic N) is 10. The average molecular weight is 1080 g/mol. The fraction of sp³-hybridized carbons (Fsp3) is 0.442. The second-order valence-corrected chi connectivity index (χ2v) is 21.4. The van der Waals surface area contributed by atoms with Crippen molar-refractivity contribution in [1.29, 1.82) is 0 Å². The molecule has 0 amide bonds. The van der Waals surface area contributed by atoms with Crippen molar-refractivity contribution in [2.45, 2.75) is 123 Å². The maximum absolute atomic E-state index is 6.34. The zero-order valence-electron chi connectivity index (χ0n) is 35.7. The number of rotatable bonds is 2. The summed E-state index contributed by atoms with van der Waals surface area (Å²) in [5.74, 6) is 5.82. The van der Waals surface area contributed by atoms with E-state index in [0.29, 0.717) is 19.8 Å². The zero-order chi connectivity index (χ0) is 43.1. The van der Waals surface area contributed by atoms with Crippen LogP contribution >= 0.6 is 62.8 Å². The molecule has 1 radical (unpaired) electrons. The van der Waals surface area contributed by atoms with Crippen molar-refractivity contribution < 1.29 is 34.6 Å². The molecular formula is C43H45BBrN10O3PdS4. The summed E-state index contributed by atoms with van der Waals surface area (Å²) < 4.78 is 29.0. The third-order valence-electron chi connectivity index (χ3n) is 12.4. The van der Waals surface area contributed by atoms with Crippen LogP contribution in [0.5, 0.6) is 0 Å². The summed E-state index contributed by atoms with van der Waals surface area (Å²) in [5.41, 5.74) is 6.03. The number of thiophene rings is 3. The van der Waals surface area contributed by atoms with Gasteiger partial charge in [0, 0.05) is 56.2 Å². The van der Waals surface area contributed by atoms with Crippen LogP contribution < -0.4 is 0 Å². The molecule has 0 bridgehead atoms. The van der Waals surface area contributed by atoms with Crippen molar-refractivity contribution >= 4 is 70.4 Å². The van der Waals surface area contributed by atoms with Gasteiger partial charge in [-0.3, -0.25) is 13.7 Å². The molecule has 3 aliphatic heterocycles. The Hall–Kier alpha value is -3.02. The molecule has 3 aliphatic carbocycles. The molecule has 13 nitrogen and oxygen atoms in total. The van der Waals surface area contributed by atoms with Gasteiger partial charge in [0.25, 0.3) is 0 Å². The van der Waals surface area contributed by atoms with Crippen molar-refractivity contribution in [2.24, 2.45) is 4.30 Å². The van der Waals surface area contributed by atoms with E-state index in [2.05, 4.69) is 142 Å². The van der Waals surface area contributed by atoms with Gasteiger partial charge in [0.05, 0.1) is 19.8 Å². The van der Waals surface area contributed by atoms with Gasteiger partial charge in [-0.15, -0.1) is 64.6 Å². The smallest absolute Gasteiger partial charge is 0 e. The number of hydrogen-bond acceptors (Lipinski definition) is 14. The van der Waals surface area contributed by atoms with Gasteiger partial charge in [-0.25, -0.2) is 0 Å². The molecule has 0 N–H and O–H groups in total. The first kappa shape index (κ1) is 45.1. The van der Waals surface area contributed by atoms with E-state index in [1.165, 1.54) is 61.9 Å². The Morgan fingerprint density at radius 2 is 1.10 bits per heavy atom. The van der Waals surface area contributed by atoms with Crippen molar-refractivity contribution in [3.05, 3.63) is 118 Å². The first-order valence-corrected chi connectivity index (χ1v) is 24.3. The van der Waals surface area contributed by atoms with Gasteiger partial charge >= 0.3 is 24.8 Å². The normalized spacial score (nSPS) is 17.8. The Balaban J connectivity index is 0.000000117. The Kier molecular flexibility index (Phi) is 12.4. The van der Waals surface area contributed by atoms with Crippen molar-refractivity contribution in [2.75, 3.05) is 0 Å². The van der Waals surface area contributed by atoms with Crippen LogP contribution in [0.3, 0.4) is 0 Å². The van der Waals surface area contributed by atoms with E-state index in [-0.39, 0.29) is 37.2 Å². The molecule has 6 aliphatic rings. The minimum atomic E-state index is -0.197. The predicted octanol–water partition coefficient (Wildman–Crippen LogP) is 9.93. The molecule has 20 heteroatoms. The van der Waals surface area contributed by atoms with Gasteiger partial charge in [-0.2, -0.15) is 0 Å². The molecule has 0 unspecified atom stereocenters. The van der Waals surface area contributed by atoms with E-state index in [4.69, 9.17) is 14.2 Å². The number of fused-ring (bicyclic) bond motifs is 12. The molecular weight excluding hydrogens is 1030 g/mol. The van der Waals surface area contributed by atoms with Crippen LogP contribution in [-0.2, 0) is 77.7 Å². The Labute approximate surface area is 406 Å². The van der Waals surface area contributed by atoms with Gasteiger partial charge in [-0.1, -0.05) is 30.3 Å². The maximum Gasteiger partial charge on any atom is 0 e. The second-order valence-electron chi connectivity index (χ2n) is 16.7. The molecule has 9 heterocycles. The van der Waals surface area contributed by atoms with Gasteiger partial charge in [0.1, 0.15) is 49.3 Å². The Morgan fingerprint density at radius 3 is 1.60 bits per heavy atom. The van der Waals surface area contributed by atoms with Crippen LogP contribution in [0.2, 0.25) is 0 Å². The van der Waals surface area contributed by atoms with Crippen LogP contribution in [0.15, 0.2) is 45.2 Å². The number of benzene rings is 1. The predicted molar refractivity (Wildman–Crippen MR) is 247 cm³/mol. The second kappa shape index (κ2) is 17.3. The molecule has 3 saturated carbocycles. The standard InChI is InChI=1S/C19H19N3OS.C12H12BrN3OS.C12H13N3OS.BHNS.Pd/c1-12-15(10-14-6-4-3-5-7-14)16-11-23-19(8-9-19)18-21-20-13(2)22(18)17(16)24-12;1-6-9(13)8-5-17-12(3-4-12)11-15-14-7(2)16(11)10(8)18-6;1-7-5-9-6-16-12(3-4-12)11-14-13-8(2)15(11)10(9)17-7;1-2-3;/h3-7H,8-11H2,1-2H3;3-5H2,1-2H3;5H,3-4,6H2,1-2H3;3H;. The topological polar surface area (TPSA) is 132 Å². The van der Waals surface area contributed by atoms with Crippen LogP contribution in [0.1, 0.15) is 116 Å². The summed E-state index contributed by atoms with van der Waals surface area (Å²) in [6, 6.07) is 12.9. The Morgan fingerprint density at radius 1 is 0.651 bits per heavy atom. The SMILES string of the molecule is Cc1cc2c(s1)-n1c(C)nnc1C1(CC1)OC2.Cc1sc2c(c1Br)COC1(CC1)c1nnc(C)n1-2.Cc1sc2c(c1Cc1ccccc1)COC1(CC1)c1nnc(C)n1-2.[B]=NS.[Pd]. The minimum Gasteiger partial charge on any atom is 0 e. The van der Waals surface area contributed by atoms with Crippen LogP contribution in [0.25, 0.3) is 15.0 Å². The monoisotopic (exact) mass is 1070 g/mol. The first-order chi connectivity index (χ1) is 29.9. The summed E-state index contributed by atoms with van der Waals surface area (Å²) in [5, 5.41) is 29.6. The summed E-state index contributed by atoms with van der Waals surface area (Å²) in [7, 11) is 4.34. The fourth-order valence-corrected chi connectivity index (χ4v) is 12.7. The fourth-order valence-electron chi connectivity index (χ4n) is 8.66. The largest absolute Gasteiger partial charge is 0 e. The maximum atomic E-state index is 6.34. The molecule has 7 aromatic rings. The van der Waals surface area contributed by atoms with Crippen molar-refractivity contribution in [1.82, 2.24) is 44.3 Å². The van der Waals surface area contributed by atoms with E-state index in [0.717, 1.165) is 79.9 Å². The average Bonchev–Trinajstić information content (AvgIpc) is 4.20. The Bertz CT molecular complexity index is 2850.